The van der Waals surface area contributed by atoms with Gasteiger partial charge in [-0.15, -0.1) is 0 Å². The number of hydrogen-bond acceptors (Lipinski definition) is 2. The Hall–Kier alpha value is -2.40. The molecule has 0 spiro atoms. The highest BCUT2D eigenvalue weighted by molar-refractivity contribution is 7.80. The number of thiocarbonyl (C=S) groups is 1. The zero-order chi connectivity index (χ0) is 18.7. The van der Waals surface area contributed by atoms with E-state index >= 15 is 0 Å². The van der Waals surface area contributed by atoms with Crippen molar-refractivity contribution < 1.29 is 4.79 Å². The van der Waals surface area contributed by atoms with Crippen LogP contribution in [0.1, 0.15) is 42.5 Å². The van der Waals surface area contributed by atoms with Crippen molar-refractivity contribution in [3.05, 3.63) is 59.2 Å². The van der Waals surface area contributed by atoms with Crippen LogP contribution in [0.2, 0.25) is 0 Å². The molecule has 0 aromatic heterocycles. The lowest BCUT2D eigenvalue weighted by atomic mass is 10.1. The number of rotatable bonds is 4. The van der Waals surface area contributed by atoms with Crippen LogP contribution in [0.5, 0.6) is 0 Å². The van der Waals surface area contributed by atoms with Crippen LogP contribution < -0.4 is 15.5 Å². The summed E-state index contributed by atoms with van der Waals surface area (Å²) in [7, 11) is 0. The van der Waals surface area contributed by atoms with E-state index in [1.54, 1.807) is 0 Å². The van der Waals surface area contributed by atoms with Gasteiger partial charge in [-0.05, 0) is 68.7 Å². The molecular weight excluding hydrogens is 342 g/mol. The Labute approximate surface area is 160 Å². The van der Waals surface area contributed by atoms with Crippen LogP contribution in [0.15, 0.2) is 42.5 Å². The Morgan fingerprint density at radius 2 is 1.88 bits per heavy atom. The van der Waals surface area contributed by atoms with Crippen LogP contribution in [0.3, 0.4) is 0 Å². The Bertz CT molecular complexity index is 817. The molecule has 1 saturated heterocycles. The Morgan fingerprint density at radius 1 is 1.15 bits per heavy atom. The lowest BCUT2D eigenvalue weighted by molar-refractivity contribution is -0.117. The van der Waals surface area contributed by atoms with Gasteiger partial charge in [0.25, 0.3) is 0 Å². The van der Waals surface area contributed by atoms with Gasteiger partial charge in [0.1, 0.15) is 0 Å². The van der Waals surface area contributed by atoms with Gasteiger partial charge in [0, 0.05) is 24.3 Å². The first kappa shape index (κ1) is 18.4. The third-order valence-corrected chi connectivity index (χ3v) is 4.96. The van der Waals surface area contributed by atoms with Crippen LogP contribution in [0.4, 0.5) is 11.4 Å². The van der Waals surface area contributed by atoms with E-state index in [4.69, 9.17) is 12.2 Å². The minimum atomic E-state index is 0.123. The number of hydrogen-bond donors (Lipinski definition) is 2. The van der Waals surface area contributed by atoms with Gasteiger partial charge in [-0.1, -0.05) is 29.8 Å². The van der Waals surface area contributed by atoms with Crippen LogP contribution >= 0.6 is 12.2 Å². The molecule has 0 unspecified atom stereocenters. The van der Waals surface area contributed by atoms with Crippen molar-refractivity contribution >= 4 is 34.6 Å². The predicted octanol–water partition coefficient (Wildman–Crippen LogP) is 4.48. The van der Waals surface area contributed by atoms with Crippen molar-refractivity contribution in [3.8, 4) is 0 Å². The fraction of sp³-hybridized carbons (Fsp3) is 0.333. The molecule has 2 aromatic rings. The third kappa shape index (κ3) is 4.22. The average molecular weight is 368 g/mol. The quantitative estimate of drug-likeness (QED) is 0.782. The topological polar surface area (TPSA) is 44.4 Å². The van der Waals surface area contributed by atoms with Gasteiger partial charge < -0.3 is 15.5 Å². The molecule has 136 valence electrons. The molecule has 1 aliphatic heterocycles. The van der Waals surface area contributed by atoms with Gasteiger partial charge in [-0.2, -0.15) is 0 Å². The summed E-state index contributed by atoms with van der Waals surface area (Å²) < 4.78 is 0. The van der Waals surface area contributed by atoms with Gasteiger partial charge in [-0.3, -0.25) is 4.79 Å². The summed E-state index contributed by atoms with van der Waals surface area (Å²) in [6.45, 7) is 7.00. The second-order valence-corrected chi connectivity index (χ2v) is 7.29. The van der Waals surface area contributed by atoms with Gasteiger partial charge >= 0.3 is 0 Å². The maximum atomic E-state index is 11.9. The SMILES string of the molecule is Cc1ccc([C@@H](C)NC(=S)Nc2ccc(N3CCCC3=O)c(C)c2)cc1. The summed E-state index contributed by atoms with van der Waals surface area (Å²) in [6, 6.07) is 14.6. The summed E-state index contributed by atoms with van der Waals surface area (Å²) in [5.74, 6) is 0.206. The molecule has 0 saturated carbocycles. The number of benzene rings is 2. The fourth-order valence-electron chi connectivity index (χ4n) is 3.24. The van der Waals surface area contributed by atoms with Crippen molar-refractivity contribution in [3.63, 3.8) is 0 Å². The summed E-state index contributed by atoms with van der Waals surface area (Å²) in [4.78, 5) is 13.8. The van der Waals surface area contributed by atoms with Crippen LogP contribution in [0, 0.1) is 13.8 Å². The molecule has 0 radical (unpaired) electrons. The van der Waals surface area contributed by atoms with Crippen molar-refractivity contribution in [1.82, 2.24) is 5.32 Å². The third-order valence-electron chi connectivity index (χ3n) is 4.74. The molecule has 3 rings (SSSR count). The second kappa shape index (κ2) is 7.87. The van der Waals surface area contributed by atoms with Crippen LogP contribution in [-0.2, 0) is 4.79 Å². The first-order chi connectivity index (χ1) is 12.4. The first-order valence-corrected chi connectivity index (χ1v) is 9.40. The maximum Gasteiger partial charge on any atom is 0.227 e. The van der Waals surface area contributed by atoms with E-state index in [0.29, 0.717) is 11.5 Å². The van der Waals surface area contributed by atoms with Gasteiger partial charge in [0.2, 0.25) is 5.91 Å². The molecule has 0 aliphatic carbocycles. The summed E-state index contributed by atoms with van der Waals surface area (Å²) in [5, 5.41) is 7.14. The molecular formula is C21H25N3OS. The van der Waals surface area contributed by atoms with E-state index in [1.165, 1.54) is 11.1 Å². The minimum Gasteiger partial charge on any atom is -0.356 e. The van der Waals surface area contributed by atoms with E-state index in [-0.39, 0.29) is 11.9 Å². The molecule has 1 fully saturated rings. The van der Waals surface area contributed by atoms with Crippen molar-refractivity contribution in [2.75, 3.05) is 16.8 Å². The number of aryl methyl sites for hydroxylation is 2. The van der Waals surface area contributed by atoms with Crippen molar-refractivity contribution in [2.24, 2.45) is 0 Å². The van der Waals surface area contributed by atoms with Gasteiger partial charge in [-0.25, -0.2) is 0 Å². The van der Waals surface area contributed by atoms with E-state index in [9.17, 15) is 4.79 Å². The molecule has 1 heterocycles. The molecule has 2 aromatic carbocycles. The monoisotopic (exact) mass is 367 g/mol. The zero-order valence-corrected chi connectivity index (χ0v) is 16.3. The molecule has 1 aliphatic rings. The van der Waals surface area contributed by atoms with E-state index in [2.05, 4.69) is 48.7 Å². The second-order valence-electron chi connectivity index (χ2n) is 6.88. The van der Waals surface area contributed by atoms with Gasteiger partial charge in [0.15, 0.2) is 5.11 Å². The van der Waals surface area contributed by atoms with Crippen molar-refractivity contribution in [1.29, 1.82) is 0 Å². The molecule has 0 bridgehead atoms. The fourth-order valence-corrected chi connectivity index (χ4v) is 3.54. The maximum absolute atomic E-state index is 11.9. The first-order valence-electron chi connectivity index (χ1n) is 8.99. The Morgan fingerprint density at radius 3 is 2.50 bits per heavy atom. The lowest BCUT2D eigenvalue weighted by Gasteiger charge is -2.20. The number of nitrogens with one attached hydrogen (secondary N) is 2. The van der Waals surface area contributed by atoms with E-state index < -0.39 is 0 Å². The Balaban J connectivity index is 1.63. The van der Waals surface area contributed by atoms with Gasteiger partial charge in [0.05, 0.1) is 6.04 Å². The van der Waals surface area contributed by atoms with E-state index in [0.717, 1.165) is 29.9 Å². The van der Waals surface area contributed by atoms with Crippen LogP contribution in [-0.4, -0.2) is 17.6 Å². The summed E-state index contributed by atoms with van der Waals surface area (Å²) in [5.41, 5.74) is 5.42. The smallest absolute Gasteiger partial charge is 0.227 e. The normalized spacial score (nSPS) is 15.0. The number of anilines is 2. The summed E-state index contributed by atoms with van der Waals surface area (Å²) in [6.07, 6.45) is 1.58. The standard InChI is InChI=1S/C21H25N3OS/c1-14-6-8-17(9-7-14)16(3)22-21(26)23-18-10-11-19(15(2)13-18)24-12-4-5-20(24)25/h6-11,13,16H,4-5,12H2,1-3H3,(H2,22,23,26)/t16-/m1/s1. The van der Waals surface area contributed by atoms with Crippen LogP contribution in [0.25, 0.3) is 0 Å². The zero-order valence-electron chi connectivity index (χ0n) is 15.5. The minimum absolute atomic E-state index is 0.123. The van der Waals surface area contributed by atoms with Crippen molar-refractivity contribution in [2.45, 2.75) is 39.7 Å². The average Bonchev–Trinajstić information content (AvgIpc) is 3.01. The number of carbonyl (C=O) groups is 1. The highest BCUT2D eigenvalue weighted by Gasteiger charge is 2.22. The number of amides is 1. The molecule has 1 amide bonds. The van der Waals surface area contributed by atoms with E-state index in [1.807, 2.05) is 30.0 Å². The predicted molar refractivity (Wildman–Crippen MR) is 112 cm³/mol. The molecule has 2 N–H and O–H groups in total. The number of carbonyl (C=O) groups excluding carboxylic acids is 1. The molecule has 5 heteroatoms. The largest absolute Gasteiger partial charge is 0.356 e. The summed E-state index contributed by atoms with van der Waals surface area (Å²) >= 11 is 5.45. The molecule has 26 heavy (non-hydrogen) atoms. The lowest BCUT2D eigenvalue weighted by Crippen LogP contribution is -2.31. The molecule has 4 nitrogen and oxygen atoms in total. The molecule has 1 atom stereocenters. The Kier molecular flexibility index (Phi) is 5.57. The highest BCUT2D eigenvalue weighted by Crippen LogP contribution is 2.27. The highest BCUT2D eigenvalue weighted by atomic mass is 32.1. The number of nitrogens with zero attached hydrogens (tertiary/aromatic N) is 1.